The molecule has 0 unspecified atom stereocenters. The molecule has 0 aliphatic carbocycles. The summed E-state index contributed by atoms with van der Waals surface area (Å²) < 4.78 is 33.5. The molecule has 4 heterocycles. The number of aromatic nitrogens is 2. The van der Waals surface area contributed by atoms with Crippen LogP contribution in [0.15, 0.2) is 46.3 Å². The van der Waals surface area contributed by atoms with Crippen molar-refractivity contribution in [3.63, 3.8) is 0 Å². The Labute approximate surface area is 305 Å². The number of hydrogen-bond donors (Lipinski definition) is 4. The molecule has 2 atom stereocenters. The molecule has 284 valence electrons. The van der Waals surface area contributed by atoms with E-state index in [0.29, 0.717) is 23.4 Å². The molecule has 15 nitrogen and oxygen atoms in total. The molecule has 0 aromatic carbocycles. The summed E-state index contributed by atoms with van der Waals surface area (Å²) in [6.45, 7) is 3.01. The molecule has 0 saturated carbocycles. The number of halogens is 3. The Morgan fingerprint density at radius 2 is 1.75 bits per heavy atom. The minimum absolute atomic E-state index is 0.157. The first-order chi connectivity index (χ1) is 24.7. The predicted octanol–water partition coefficient (Wildman–Crippen LogP) is 1.97. The number of carboxylic acid groups (broad SMARTS) is 2. The fraction of sp³-hybridized carbons (Fsp3) is 0.500. The number of carbonyl (C=O) groups is 5. The number of alkyl halides is 3. The highest BCUT2D eigenvalue weighted by atomic mass is 32.2. The smallest absolute Gasteiger partial charge is 0.490 e. The molecular formula is C32H40F3N7O8S2. The molecule has 2 aromatic rings. The van der Waals surface area contributed by atoms with Crippen molar-refractivity contribution < 1.29 is 56.8 Å². The number of thioether (sulfide) groups is 1. The van der Waals surface area contributed by atoms with Crippen LogP contribution in [0.25, 0.3) is 0 Å². The average molecular weight is 772 g/mol. The molecule has 2 aliphatic heterocycles. The van der Waals surface area contributed by atoms with Crippen LogP contribution >= 0.6 is 23.1 Å². The van der Waals surface area contributed by atoms with Gasteiger partial charge in [0.1, 0.15) is 24.2 Å². The summed E-state index contributed by atoms with van der Waals surface area (Å²) in [5, 5.41) is 29.7. The number of nitrogens with one attached hydrogen (secondary N) is 2. The maximum absolute atomic E-state index is 13.1. The van der Waals surface area contributed by atoms with Gasteiger partial charge in [0.15, 0.2) is 29.8 Å². The van der Waals surface area contributed by atoms with Crippen LogP contribution in [-0.4, -0.2) is 87.4 Å². The van der Waals surface area contributed by atoms with Gasteiger partial charge in [-0.3, -0.25) is 19.3 Å². The Balaban J connectivity index is 0.000000944. The number of carboxylic acids is 2. The Bertz CT molecular complexity index is 1650. The molecule has 3 amide bonds. The second-order valence-electron chi connectivity index (χ2n) is 11.6. The summed E-state index contributed by atoms with van der Waals surface area (Å²) in [6, 6.07) is 2.38. The maximum Gasteiger partial charge on any atom is 0.490 e. The van der Waals surface area contributed by atoms with Crippen LogP contribution in [0, 0.1) is 0 Å². The Morgan fingerprint density at radius 3 is 2.29 bits per heavy atom. The van der Waals surface area contributed by atoms with Gasteiger partial charge in [-0.05, 0) is 6.42 Å². The van der Waals surface area contributed by atoms with Crippen LogP contribution in [0.2, 0.25) is 0 Å². The van der Waals surface area contributed by atoms with Gasteiger partial charge in [0.2, 0.25) is 0 Å². The molecule has 4 rings (SSSR count). The van der Waals surface area contributed by atoms with Gasteiger partial charge in [-0.2, -0.15) is 13.2 Å². The van der Waals surface area contributed by atoms with E-state index in [1.54, 1.807) is 29.1 Å². The van der Waals surface area contributed by atoms with Crippen molar-refractivity contribution in [2.24, 2.45) is 5.16 Å². The summed E-state index contributed by atoms with van der Waals surface area (Å²) in [6.07, 6.45) is 7.86. The third kappa shape index (κ3) is 11.7. The maximum atomic E-state index is 13.1. The van der Waals surface area contributed by atoms with Crippen molar-refractivity contribution in [2.45, 2.75) is 82.4 Å². The number of pyridine rings is 1. The number of unbranched alkanes of at least 4 members (excludes halogenated alkanes) is 7. The van der Waals surface area contributed by atoms with Gasteiger partial charge in [0.05, 0.1) is 17.2 Å². The van der Waals surface area contributed by atoms with Crippen LogP contribution < -0.4 is 26.0 Å². The highest BCUT2D eigenvalue weighted by Crippen LogP contribution is 2.40. The van der Waals surface area contributed by atoms with E-state index in [-0.39, 0.29) is 34.7 Å². The zero-order valence-corrected chi connectivity index (χ0v) is 30.1. The van der Waals surface area contributed by atoms with Crippen LogP contribution in [0.1, 0.15) is 74.3 Å². The number of nitrogen functional groups attached to an aromatic ring is 1. The number of fused-ring (bicyclic) bond motifs is 1. The van der Waals surface area contributed by atoms with Gasteiger partial charge in [-0.25, -0.2) is 14.3 Å². The number of anilines is 1. The largest absolute Gasteiger partial charge is 0.543 e. The number of amides is 3. The van der Waals surface area contributed by atoms with Crippen molar-refractivity contribution in [2.75, 3.05) is 25.1 Å². The molecule has 52 heavy (non-hydrogen) atoms. The van der Waals surface area contributed by atoms with E-state index in [2.05, 4.69) is 27.7 Å². The molecular weight excluding hydrogens is 732 g/mol. The Hall–Kier alpha value is -4.72. The lowest BCUT2D eigenvalue weighted by Crippen LogP contribution is -2.71. The molecule has 20 heteroatoms. The van der Waals surface area contributed by atoms with E-state index < -0.39 is 41.3 Å². The van der Waals surface area contributed by atoms with E-state index in [0.717, 1.165) is 29.1 Å². The highest BCUT2D eigenvalue weighted by Gasteiger charge is 2.53. The number of carbonyl (C=O) groups excluding carboxylic acids is 4. The summed E-state index contributed by atoms with van der Waals surface area (Å²) in [5.74, 6) is -5.40. The molecule has 0 radical (unpaired) electrons. The number of thiazole rings is 1. The van der Waals surface area contributed by atoms with Crippen LogP contribution in [0.3, 0.4) is 0 Å². The molecule has 2 aliphatic rings. The fourth-order valence-corrected chi connectivity index (χ4v) is 7.08. The zero-order chi connectivity index (χ0) is 38.4. The molecule has 0 spiro atoms. The van der Waals surface area contributed by atoms with Gasteiger partial charge in [0.25, 0.3) is 17.7 Å². The summed E-state index contributed by atoms with van der Waals surface area (Å²) in [5.41, 5.74) is 6.47. The number of nitrogens with zero attached hydrogens (tertiary/aromatic N) is 4. The molecule has 0 bridgehead atoms. The number of rotatable bonds is 17. The topological polar surface area (TPSA) is 220 Å². The van der Waals surface area contributed by atoms with Crippen LogP contribution in [-0.2, 0) is 30.6 Å². The second-order valence-corrected chi connectivity index (χ2v) is 13.6. The van der Waals surface area contributed by atoms with Gasteiger partial charge in [0, 0.05) is 35.4 Å². The monoisotopic (exact) mass is 771 g/mol. The first kappa shape index (κ1) is 41.7. The second kappa shape index (κ2) is 19.8. The van der Waals surface area contributed by atoms with Crippen LogP contribution in [0.4, 0.5) is 18.3 Å². The third-order valence-corrected chi connectivity index (χ3v) is 9.79. The van der Waals surface area contributed by atoms with E-state index in [9.17, 15) is 37.5 Å². The summed E-state index contributed by atoms with van der Waals surface area (Å²) in [4.78, 5) is 69.7. The predicted molar refractivity (Wildman–Crippen MR) is 182 cm³/mol. The summed E-state index contributed by atoms with van der Waals surface area (Å²) >= 11 is 2.44. The lowest BCUT2D eigenvalue weighted by atomic mass is 10.0. The molecule has 2 aromatic heterocycles. The van der Waals surface area contributed by atoms with E-state index in [1.807, 2.05) is 0 Å². The molecule has 5 N–H and O–H groups in total. The standard InChI is InChI=1S/C30H39N7O6S2.C2HF3O2/c1-3-4-5-6-7-8-9-10-13-32-25(38)19-11-14-36(15-12-19)16-20-17-44-28-23(27(40)37(28)24(20)29(41)42)34-26(39)22(35-43-2)21-18-45-30(31)33-21;3-2(4,5)1(6)7/h11-12,14-15,18,23,28H,3-10,13,16-17H2,1-2H3,(H4-,31,32,33,34,38,39,41,42);(H,6,7)/b35-22-;/t23-,28-;/m1./s1. The molecule has 1 fully saturated rings. The number of β-lactam (4-membered cyclic amide) rings is 1. The number of aliphatic carboxylic acids is 2. The first-order valence-corrected chi connectivity index (χ1v) is 18.2. The van der Waals surface area contributed by atoms with Gasteiger partial charge < -0.3 is 36.2 Å². The first-order valence-electron chi connectivity index (χ1n) is 16.3. The van der Waals surface area contributed by atoms with Crippen molar-refractivity contribution in [3.05, 3.63) is 52.4 Å². The number of hydrogen-bond acceptors (Lipinski definition) is 12. The van der Waals surface area contributed by atoms with Gasteiger partial charge >= 0.3 is 12.1 Å². The Kier molecular flexibility index (Phi) is 15.9. The highest BCUT2D eigenvalue weighted by molar-refractivity contribution is 8.00. The van der Waals surface area contributed by atoms with E-state index in [1.165, 1.54) is 62.8 Å². The normalized spacial score (nSPS) is 17.0. The minimum atomic E-state index is -5.08. The Morgan fingerprint density at radius 1 is 1.13 bits per heavy atom. The minimum Gasteiger partial charge on any atom is -0.543 e. The number of nitrogens with two attached hydrogens (primary N) is 1. The lowest BCUT2D eigenvalue weighted by Gasteiger charge is -2.50. The molecule has 1 saturated heterocycles. The van der Waals surface area contributed by atoms with E-state index >= 15 is 0 Å². The van der Waals surface area contributed by atoms with Crippen LogP contribution in [0.5, 0.6) is 0 Å². The van der Waals surface area contributed by atoms with Crippen molar-refractivity contribution in [1.82, 2.24) is 20.5 Å². The number of oxime groups is 1. The SMILES string of the molecule is CCCCCCCCCCNC(=O)c1cc[n+](CC2=C(C(=O)[O-])N3C(=O)[C@@H](NC(=O)/C(=N\OC)c4csc(N)n4)[C@H]3SC2)cc1.O=C(O)C(F)(F)F. The van der Waals surface area contributed by atoms with E-state index in [4.69, 9.17) is 20.5 Å². The zero-order valence-electron chi connectivity index (χ0n) is 28.4. The lowest BCUT2D eigenvalue weighted by molar-refractivity contribution is -0.689. The van der Waals surface area contributed by atoms with Gasteiger partial charge in [-0.15, -0.1) is 23.1 Å². The van der Waals surface area contributed by atoms with Crippen molar-refractivity contribution in [1.29, 1.82) is 0 Å². The van der Waals surface area contributed by atoms with Crippen molar-refractivity contribution >= 4 is 63.6 Å². The quantitative estimate of drug-likeness (QED) is 0.0599. The van der Waals surface area contributed by atoms with Crippen molar-refractivity contribution in [3.8, 4) is 0 Å². The average Bonchev–Trinajstić information content (AvgIpc) is 3.53. The van der Waals surface area contributed by atoms with Gasteiger partial charge in [-0.1, -0.05) is 57.0 Å². The third-order valence-electron chi connectivity index (χ3n) is 7.77. The fourth-order valence-electron chi connectivity index (χ4n) is 5.19. The summed E-state index contributed by atoms with van der Waals surface area (Å²) in [7, 11) is 1.27.